The Bertz CT molecular complexity index is 1020. The monoisotopic (exact) mass is 589 g/mol. The fraction of sp³-hybridized carbons (Fsp3) is 0.571. The highest BCUT2D eigenvalue weighted by atomic mass is 16.5. The second-order valence-electron chi connectivity index (χ2n) is 12.6. The number of hydrogen-bond acceptors (Lipinski definition) is 1. The number of ether oxygens (including phenoxy) is 1. The van der Waals surface area contributed by atoms with E-state index in [1.807, 2.05) is 6.92 Å². The van der Waals surface area contributed by atoms with Crippen LogP contribution in [-0.4, -0.2) is 13.2 Å². The van der Waals surface area contributed by atoms with Gasteiger partial charge in [0.2, 0.25) is 0 Å². The summed E-state index contributed by atoms with van der Waals surface area (Å²) in [6.07, 6.45) is 37.8. The van der Waals surface area contributed by atoms with Gasteiger partial charge in [-0.2, -0.15) is 0 Å². The van der Waals surface area contributed by atoms with E-state index in [9.17, 15) is 0 Å². The van der Waals surface area contributed by atoms with Crippen molar-refractivity contribution < 1.29 is 4.74 Å². The minimum Gasteiger partial charge on any atom is -0.373 e. The van der Waals surface area contributed by atoms with Crippen molar-refractivity contribution in [3.8, 4) is 0 Å². The van der Waals surface area contributed by atoms with Crippen LogP contribution in [0.4, 0.5) is 0 Å². The lowest BCUT2D eigenvalue weighted by atomic mass is 9.97. The molecule has 0 radical (unpaired) electrons. The van der Waals surface area contributed by atoms with Gasteiger partial charge in [0.1, 0.15) is 0 Å². The highest BCUT2D eigenvalue weighted by Gasteiger charge is 2.02. The van der Waals surface area contributed by atoms with E-state index in [-0.39, 0.29) is 0 Å². The Morgan fingerprint density at radius 1 is 0.558 bits per heavy atom. The highest BCUT2D eigenvalue weighted by molar-refractivity contribution is 5.17. The van der Waals surface area contributed by atoms with Gasteiger partial charge in [0.25, 0.3) is 0 Å². The average molecular weight is 589 g/mol. The van der Waals surface area contributed by atoms with E-state index in [0.717, 1.165) is 44.9 Å². The molecule has 242 valence electrons. The molecular formula is C42H68O. The first-order valence-corrected chi connectivity index (χ1v) is 17.0. The van der Waals surface area contributed by atoms with E-state index < -0.39 is 0 Å². The van der Waals surface area contributed by atoms with Crippen LogP contribution in [0.1, 0.15) is 140 Å². The van der Waals surface area contributed by atoms with Crippen molar-refractivity contribution in [2.75, 3.05) is 13.2 Å². The van der Waals surface area contributed by atoms with Crippen molar-refractivity contribution in [2.24, 2.45) is 5.92 Å². The van der Waals surface area contributed by atoms with Crippen molar-refractivity contribution in [1.82, 2.24) is 0 Å². The second kappa shape index (κ2) is 27.2. The van der Waals surface area contributed by atoms with Gasteiger partial charge in [-0.05, 0) is 144 Å². The third-order valence-electron chi connectivity index (χ3n) is 7.85. The second-order valence-corrected chi connectivity index (χ2v) is 12.6. The van der Waals surface area contributed by atoms with Crippen molar-refractivity contribution in [3.63, 3.8) is 0 Å². The van der Waals surface area contributed by atoms with Crippen LogP contribution in [0.3, 0.4) is 0 Å². The summed E-state index contributed by atoms with van der Waals surface area (Å²) in [4.78, 5) is 0. The molecule has 0 aliphatic heterocycles. The minimum absolute atomic E-state index is 0.597. The Balaban J connectivity index is 4.32. The van der Waals surface area contributed by atoms with Crippen LogP contribution in [0.25, 0.3) is 0 Å². The van der Waals surface area contributed by atoms with E-state index in [1.54, 1.807) is 0 Å². The predicted molar refractivity (Wildman–Crippen MR) is 197 cm³/mol. The highest BCUT2D eigenvalue weighted by Crippen LogP contribution is 2.19. The third kappa shape index (κ3) is 25.8. The molecule has 0 saturated carbocycles. The minimum atomic E-state index is 0.597. The molecule has 0 N–H and O–H groups in total. The van der Waals surface area contributed by atoms with Crippen molar-refractivity contribution >= 4 is 0 Å². The molecule has 0 aliphatic rings. The quantitative estimate of drug-likeness (QED) is 0.0655. The first kappa shape index (κ1) is 40.6. The SMILES string of the molecule is CC=CCCC(C)=CCCC(C)=CCCC(C)=CC(C)CC(C)=CCCC(C)=CCCC(C)=CCOCC(C=CC)=CC. The van der Waals surface area contributed by atoms with Gasteiger partial charge in [0.05, 0.1) is 13.2 Å². The molecule has 0 amide bonds. The zero-order valence-electron chi connectivity index (χ0n) is 30.0. The molecular weight excluding hydrogens is 520 g/mol. The van der Waals surface area contributed by atoms with Crippen LogP contribution < -0.4 is 0 Å². The standard InChI is InChI=1S/C42H68O/c1-11-14-15-21-35(4)22-16-23-36(5)25-18-28-39(8)32-41(10)33-40(9)29-19-26-37(6)24-17-27-38(7)30-31-43-34-42(13-3)20-12-2/h11-14,20,22,24-25,29-30,32,41H,15-19,21,23,26-28,31,33-34H2,1-10H3. The summed E-state index contributed by atoms with van der Waals surface area (Å²) in [5.41, 5.74) is 10.2. The Hall–Kier alpha value is -2.38. The van der Waals surface area contributed by atoms with Crippen molar-refractivity contribution in [2.45, 2.75) is 140 Å². The number of hydrogen-bond donors (Lipinski definition) is 0. The van der Waals surface area contributed by atoms with E-state index in [1.165, 1.54) is 64.7 Å². The lowest BCUT2D eigenvalue weighted by Crippen LogP contribution is -1.97. The van der Waals surface area contributed by atoms with Gasteiger partial charge in [-0.25, -0.2) is 0 Å². The average Bonchev–Trinajstić information content (AvgIpc) is 2.94. The maximum Gasteiger partial charge on any atom is 0.0717 e. The summed E-state index contributed by atoms with van der Waals surface area (Å²) >= 11 is 0. The third-order valence-corrected chi connectivity index (χ3v) is 7.85. The molecule has 0 fully saturated rings. The molecule has 0 aromatic heterocycles. The number of allylic oxidation sites excluding steroid dienone is 15. The molecule has 0 aliphatic carbocycles. The Morgan fingerprint density at radius 2 is 1.02 bits per heavy atom. The van der Waals surface area contributed by atoms with E-state index in [0.29, 0.717) is 19.1 Å². The van der Waals surface area contributed by atoms with Crippen molar-refractivity contribution in [3.05, 3.63) is 106 Å². The lowest BCUT2D eigenvalue weighted by Gasteiger charge is -2.10. The lowest BCUT2D eigenvalue weighted by molar-refractivity contribution is 0.188. The first-order chi connectivity index (χ1) is 20.6. The van der Waals surface area contributed by atoms with E-state index in [2.05, 4.69) is 129 Å². The Kier molecular flexibility index (Phi) is 25.7. The molecule has 1 atom stereocenters. The molecule has 43 heavy (non-hydrogen) atoms. The van der Waals surface area contributed by atoms with Gasteiger partial charge >= 0.3 is 0 Å². The maximum absolute atomic E-state index is 5.79. The summed E-state index contributed by atoms with van der Waals surface area (Å²) < 4.78 is 5.79. The molecule has 0 aromatic rings. The van der Waals surface area contributed by atoms with Gasteiger partial charge in [-0.15, -0.1) is 0 Å². The van der Waals surface area contributed by atoms with E-state index >= 15 is 0 Å². The molecule has 0 saturated heterocycles. The zero-order chi connectivity index (χ0) is 32.3. The first-order valence-electron chi connectivity index (χ1n) is 17.0. The van der Waals surface area contributed by atoms with Gasteiger partial charge < -0.3 is 4.74 Å². The summed E-state index contributed by atoms with van der Waals surface area (Å²) in [7, 11) is 0. The fourth-order valence-corrected chi connectivity index (χ4v) is 5.11. The zero-order valence-corrected chi connectivity index (χ0v) is 30.0. The van der Waals surface area contributed by atoms with Crippen LogP contribution in [0.5, 0.6) is 0 Å². The summed E-state index contributed by atoms with van der Waals surface area (Å²) in [6.45, 7) is 23.6. The van der Waals surface area contributed by atoms with Crippen LogP contribution >= 0.6 is 0 Å². The fourth-order valence-electron chi connectivity index (χ4n) is 5.11. The topological polar surface area (TPSA) is 9.23 Å². The molecule has 0 heterocycles. The summed E-state index contributed by atoms with van der Waals surface area (Å²) in [5.74, 6) is 0.597. The predicted octanol–water partition coefficient (Wildman–Crippen LogP) is 13.7. The molecule has 1 nitrogen and oxygen atoms in total. The van der Waals surface area contributed by atoms with Crippen LogP contribution in [0.15, 0.2) is 106 Å². The Labute approximate surface area is 269 Å². The normalized spacial score (nSPS) is 15.8. The molecule has 0 rings (SSSR count). The van der Waals surface area contributed by atoms with Gasteiger partial charge in [-0.1, -0.05) is 107 Å². The van der Waals surface area contributed by atoms with Crippen LogP contribution in [-0.2, 0) is 4.74 Å². The Morgan fingerprint density at radius 3 is 1.51 bits per heavy atom. The maximum atomic E-state index is 5.79. The largest absolute Gasteiger partial charge is 0.373 e. The molecule has 1 unspecified atom stereocenters. The molecule has 1 heteroatoms. The van der Waals surface area contributed by atoms with Gasteiger partial charge in [0.15, 0.2) is 0 Å². The molecule has 0 aromatic carbocycles. The smallest absolute Gasteiger partial charge is 0.0717 e. The van der Waals surface area contributed by atoms with Crippen LogP contribution in [0.2, 0.25) is 0 Å². The van der Waals surface area contributed by atoms with Crippen LogP contribution in [0, 0.1) is 5.92 Å². The van der Waals surface area contributed by atoms with Gasteiger partial charge in [-0.3, -0.25) is 0 Å². The number of rotatable bonds is 23. The van der Waals surface area contributed by atoms with Crippen molar-refractivity contribution in [1.29, 1.82) is 0 Å². The molecule has 0 bridgehead atoms. The molecule has 0 spiro atoms. The van der Waals surface area contributed by atoms with Gasteiger partial charge in [0, 0.05) is 0 Å². The summed E-state index contributed by atoms with van der Waals surface area (Å²) in [6, 6.07) is 0. The van der Waals surface area contributed by atoms with E-state index in [4.69, 9.17) is 4.74 Å². The summed E-state index contributed by atoms with van der Waals surface area (Å²) in [5, 5.41) is 0.